The average molecular weight is 337 g/mol. The van der Waals surface area contributed by atoms with Gasteiger partial charge in [0.25, 0.3) is 0 Å². The summed E-state index contributed by atoms with van der Waals surface area (Å²) in [5.41, 5.74) is 0.932. The Morgan fingerprint density at radius 3 is 1.72 bits per heavy atom. The van der Waals surface area contributed by atoms with Crippen LogP contribution in [0.2, 0.25) is 0 Å². The molecule has 0 unspecified atom stereocenters. The van der Waals surface area contributed by atoms with Crippen LogP contribution in [-0.4, -0.2) is 35.5 Å². The molecule has 0 aromatic heterocycles. The summed E-state index contributed by atoms with van der Waals surface area (Å²) in [5.74, 6) is -1.48. The number of carbonyl (C=O) groups is 2. The van der Waals surface area contributed by atoms with Crippen LogP contribution in [0.1, 0.15) is 34.6 Å². The highest BCUT2D eigenvalue weighted by atomic mass is 16.3. The lowest BCUT2D eigenvalue weighted by molar-refractivity contribution is 0.0855. The third kappa shape index (κ3) is 4.94. The fourth-order valence-electron chi connectivity index (χ4n) is 2.45. The van der Waals surface area contributed by atoms with Crippen molar-refractivity contribution < 1.29 is 14.7 Å². The van der Waals surface area contributed by atoms with Gasteiger partial charge in [-0.25, -0.2) is 0 Å². The Morgan fingerprint density at radius 2 is 1.36 bits per heavy atom. The minimum atomic E-state index is -1.00. The summed E-state index contributed by atoms with van der Waals surface area (Å²) in [6, 6.07) is 17.1. The molecule has 25 heavy (non-hydrogen) atoms. The van der Waals surface area contributed by atoms with E-state index in [1.165, 1.54) is 6.21 Å². The van der Waals surface area contributed by atoms with Crippen LogP contribution in [0.3, 0.4) is 0 Å². The quantitative estimate of drug-likeness (QED) is 0.456. The summed E-state index contributed by atoms with van der Waals surface area (Å²) in [7, 11) is 0. The van der Waals surface area contributed by atoms with Gasteiger partial charge in [0.2, 0.25) is 0 Å². The fourth-order valence-corrected chi connectivity index (χ4v) is 2.45. The Hall–Kier alpha value is -2.59. The van der Waals surface area contributed by atoms with Gasteiger partial charge in [-0.1, -0.05) is 74.5 Å². The zero-order chi connectivity index (χ0) is 18.2. The molecule has 2 rings (SSSR count). The topological polar surface area (TPSA) is 66.7 Å². The maximum atomic E-state index is 12.9. The van der Waals surface area contributed by atoms with E-state index < -0.39 is 5.92 Å². The Kier molecular flexibility index (Phi) is 6.78. The molecule has 0 spiro atoms. The number of aliphatic hydroxyl groups is 1. The average Bonchev–Trinajstić information content (AvgIpc) is 2.65. The van der Waals surface area contributed by atoms with Crippen LogP contribution in [-0.2, 0) is 0 Å². The first-order chi connectivity index (χ1) is 12.0. The van der Waals surface area contributed by atoms with Crippen molar-refractivity contribution in [1.29, 1.82) is 0 Å². The van der Waals surface area contributed by atoms with Gasteiger partial charge in [0, 0.05) is 17.3 Å². The molecular formula is C21H23NO3. The zero-order valence-electron chi connectivity index (χ0n) is 14.5. The Morgan fingerprint density at radius 1 is 0.920 bits per heavy atom. The highest BCUT2D eigenvalue weighted by molar-refractivity contribution is 6.24. The maximum Gasteiger partial charge on any atom is 0.179 e. The van der Waals surface area contributed by atoms with Crippen LogP contribution in [0.4, 0.5) is 0 Å². The minimum Gasteiger partial charge on any atom is -0.394 e. The van der Waals surface area contributed by atoms with Crippen LogP contribution >= 0.6 is 0 Å². The molecule has 0 bridgehead atoms. The van der Waals surface area contributed by atoms with E-state index >= 15 is 0 Å². The summed E-state index contributed by atoms with van der Waals surface area (Å²) in [4.78, 5) is 30.0. The number of aliphatic hydroxyl groups excluding tert-OH is 1. The molecule has 0 aliphatic rings. The molecule has 4 nitrogen and oxygen atoms in total. The van der Waals surface area contributed by atoms with Crippen molar-refractivity contribution in [1.82, 2.24) is 0 Å². The molecule has 0 amide bonds. The third-order valence-electron chi connectivity index (χ3n) is 4.06. The largest absolute Gasteiger partial charge is 0.394 e. The van der Waals surface area contributed by atoms with Gasteiger partial charge in [0.15, 0.2) is 11.6 Å². The van der Waals surface area contributed by atoms with Gasteiger partial charge in [0.1, 0.15) is 5.92 Å². The predicted molar refractivity (Wildman–Crippen MR) is 99.2 cm³/mol. The van der Waals surface area contributed by atoms with E-state index in [4.69, 9.17) is 0 Å². The Balaban J connectivity index is 2.36. The van der Waals surface area contributed by atoms with Crippen molar-refractivity contribution in [2.24, 2.45) is 16.8 Å². The van der Waals surface area contributed by atoms with Gasteiger partial charge in [0.05, 0.1) is 12.6 Å². The SMILES string of the molecule is CC(C)[C@@H](CO)N=CC(C(=O)c1ccccc1)C(=O)c1ccccc1. The summed E-state index contributed by atoms with van der Waals surface area (Å²) >= 11 is 0. The molecule has 0 saturated carbocycles. The zero-order valence-corrected chi connectivity index (χ0v) is 14.5. The van der Waals surface area contributed by atoms with Crippen molar-refractivity contribution in [2.75, 3.05) is 6.61 Å². The van der Waals surface area contributed by atoms with Crippen molar-refractivity contribution >= 4 is 17.8 Å². The van der Waals surface area contributed by atoms with E-state index in [0.29, 0.717) is 11.1 Å². The maximum absolute atomic E-state index is 12.9. The van der Waals surface area contributed by atoms with Crippen molar-refractivity contribution in [3.05, 3.63) is 71.8 Å². The number of carbonyl (C=O) groups excluding carboxylic acids is 2. The molecule has 0 radical (unpaired) electrons. The highest BCUT2D eigenvalue weighted by Gasteiger charge is 2.27. The van der Waals surface area contributed by atoms with E-state index in [1.807, 2.05) is 26.0 Å². The Labute approximate surface area is 148 Å². The molecule has 1 N–H and O–H groups in total. The van der Waals surface area contributed by atoms with E-state index in [9.17, 15) is 14.7 Å². The predicted octanol–water partition coefficient (Wildman–Crippen LogP) is 3.46. The fraction of sp³-hybridized carbons (Fsp3) is 0.286. The first-order valence-corrected chi connectivity index (χ1v) is 8.37. The summed E-state index contributed by atoms with van der Waals surface area (Å²) < 4.78 is 0. The molecule has 1 atom stereocenters. The van der Waals surface area contributed by atoms with Crippen molar-refractivity contribution in [3.63, 3.8) is 0 Å². The second-order valence-electron chi connectivity index (χ2n) is 6.23. The number of benzene rings is 2. The van der Waals surface area contributed by atoms with E-state index in [2.05, 4.69) is 4.99 Å². The summed E-state index contributed by atoms with van der Waals surface area (Å²) in [5, 5.41) is 9.44. The third-order valence-corrected chi connectivity index (χ3v) is 4.06. The number of nitrogens with zero attached hydrogens (tertiary/aromatic N) is 1. The number of hydrogen-bond acceptors (Lipinski definition) is 4. The molecule has 0 saturated heterocycles. The number of ketones is 2. The van der Waals surface area contributed by atoms with E-state index in [1.54, 1.807) is 48.5 Å². The monoisotopic (exact) mass is 337 g/mol. The van der Waals surface area contributed by atoms with E-state index in [0.717, 1.165) is 0 Å². The second-order valence-corrected chi connectivity index (χ2v) is 6.23. The van der Waals surface area contributed by atoms with Crippen LogP contribution in [0.15, 0.2) is 65.7 Å². The molecule has 0 fully saturated rings. The smallest absolute Gasteiger partial charge is 0.179 e. The van der Waals surface area contributed by atoms with Gasteiger partial charge in [-0.2, -0.15) is 0 Å². The summed E-state index contributed by atoms with van der Waals surface area (Å²) in [6.07, 6.45) is 1.39. The van der Waals surface area contributed by atoms with Gasteiger partial charge < -0.3 is 5.11 Å². The highest BCUT2D eigenvalue weighted by Crippen LogP contribution is 2.15. The van der Waals surface area contributed by atoms with Crippen LogP contribution in [0.25, 0.3) is 0 Å². The van der Waals surface area contributed by atoms with Gasteiger partial charge in [-0.15, -0.1) is 0 Å². The molecule has 4 heteroatoms. The molecule has 2 aromatic rings. The standard InChI is InChI=1S/C21H23NO3/c1-15(2)19(14-23)22-13-18(20(24)16-9-5-3-6-10-16)21(25)17-11-7-4-8-12-17/h3-13,15,18-19,23H,14H2,1-2H3/t19-/m1/s1. The van der Waals surface area contributed by atoms with Crippen LogP contribution in [0, 0.1) is 11.8 Å². The van der Waals surface area contributed by atoms with Gasteiger partial charge in [-0.3, -0.25) is 14.6 Å². The lowest BCUT2D eigenvalue weighted by atomic mass is 9.90. The van der Waals surface area contributed by atoms with Crippen LogP contribution < -0.4 is 0 Å². The first kappa shape index (κ1) is 18.7. The second kappa shape index (κ2) is 9.04. The van der Waals surface area contributed by atoms with Crippen molar-refractivity contribution in [2.45, 2.75) is 19.9 Å². The minimum absolute atomic E-state index is 0.112. The number of rotatable bonds is 8. The number of Topliss-reactive ketones (excluding diaryl/α,β-unsaturated/α-hetero) is 2. The normalized spacial score (nSPS) is 12.7. The van der Waals surface area contributed by atoms with Crippen molar-refractivity contribution in [3.8, 4) is 0 Å². The Bertz CT molecular complexity index is 672. The molecule has 2 aromatic carbocycles. The first-order valence-electron chi connectivity index (χ1n) is 8.37. The molecule has 0 heterocycles. The molecule has 0 aliphatic heterocycles. The molecule has 130 valence electrons. The van der Waals surface area contributed by atoms with Crippen LogP contribution in [0.5, 0.6) is 0 Å². The van der Waals surface area contributed by atoms with Gasteiger partial charge in [-0.05, 0) is 5.92 Å². The lowest BCUT2D eigenvalue weighted by Crippen LogP contribution is -2.28. The lowest BCUT2D eigenvalue weighted by Gasteiger charge is -2.15. The molecule has 0 aliphatic carbocycles. The summed E-state index contributed by atoms with van der Waals surface area (Å²) in [6.45, 7) is 3.75. The number of aliphatic imine (C=N–C) groups is 1. The number of hydrogen-bond donors (Lipinski definition) is 1. The van der Waals surface area contributed by atoms with Gasteiger partial charge >= 0.3 is 0 Å². The molecular weight excluding hydrogens is 314 g/mol. The van der Waals surface area contributed by atoms with E-state index in [-0.39, 0.29) is 30.1 Å².